The largest absolute Gasteiger partial charge is 0.396 e. The molecule has 1 atom stereocenters. The summed E-state index contributed by atoms with van der Waals surface area (Å²) in [5.41, 5.74) is 4.16. The number of hydrogen-bond donors (Lipinski definition) is 2. The van der Waals surface area contributed by atoms with Crippen LogP contribution in [0.3, 0.4) is 0 Å². The summed E-state index contributed by atoms with van der Waals surface area (Å²) in [6, 6.07) is 6.44. The summed E-state index contributed by atoms with van der Waals surface area (Å²) in [5.74, 6) is 1.45. The van der Waals surface area contributed by atoms with Crippen molar-refractivity contribution in [3.8, 4) is 0 Å². The first-order valence-electron chi connectivity index (χ1n) is 13.4. The van der Waals surface area contributed by atoms with Crippen molar-refractivity contribution < 1.29 is 19.4 Å². The molecule has 1 aromatic rings. The van der Waals surface area contributed by atoms with Gasteiger partial charge < -0.3 is 20.1 Å². The first-order chi connectivity index (χ1) is 17.5. The predicted molar refractivity (Wildman–Crippen MR) is 137 cm³/mol. The molecule has 2 amide bonds. The summed E-state index contributed by atoms with van der Waals surface area (Å²) in [6.07, 6.45) is 7.27. The van der Waals surface area contributed by atoms with E-state index < -0.39 is 0 Å². The third-order valence-corrected chi connectivity index (χ3v) is 8.92. The van der Waals surface area contributed by atoms with Crippen LogP contribution in [0, 0.1) is 12.8 Å². The smallest absolute Gasteiger partial charge is 0.235 e. The number of anilines is 1. The summed E-state index contributed by atoms with van der Waals surface area (Å²) in [6.45, 7) is 5.50. The van der Waals surface area contributed by atoms with Gasteiger partial charge in [0.2, 0.25) is 11.8 Å². The topological polar surface area (TPSA) is 94.5 Å². The molecule has 2 fully saturated rings. The molecular weight excluding hydrogens is 456 g/mol. The predicted octanol–water partition coefficient (Wildman–Crippen LogP) is 2.75. The van der Waals surface area contributed by atoms with Crippen molar-refractivity contribution in [3.05, 3.63) is 40.7 Å². The van der Waals surface area contributed by atoms with E-state index in [0.717, 1.165) is 69.7 Å². The number of hydrogen-bond acceptors (Lipinski definition) is 6. The standard InChI is InChI=1S/C28H36N4O4/c1-18-2-4-24-23(12-18)28(27(35)30-24)6-8-31(9-7-28)10-11-36-22-15-20-3-5-25(34)32(26(20)29-16-22)21-13-19(14-21)17-33/h2,4,12,16,19,21-22,33H,3,5-11,13-15,17H2,1H3,(H,30,35). The third kappa shape index (κ3) is 4.09. The third-order valence-electron chi connectivity index (χ3n) is 8.92. The Balaban J connectivity index is 1.00. The average Bonchev–Trinajstić information content (AvgIpc) is 3.11. The van der Waals surface area contributed by atoms with Gasteiger partial charge in [-0.15, -0.1) is 0 Å². The van der Waals surface area contributed by atoms with Gasteiger partial charge in [0.05, 0.1) is 18.1 Å². The molecule has 1 saturated carbocycles. The average molecular weight is 493 g/mol. The molecular formula is C28H36N4O4. The molecule has 0 bridgehead atoms. The highest BCUT2D eigenvalue weighted by molar-refractivity contribution is 6.06. The fourth-order valence-corrected chi connectivity index (χ4v) is 6.63. The minimum absolute atomic E-state index is 0.0584. The van der Waals surface area contributed by atoms with Crippen molar-refractivity contribution in [3.63, 3.8) is 0 Å². The fourth-order valence-electron chi connectivity index (χ4n) is 6.63. The zero-order valence-corrected chi connectivity index (χ0v) is 21.0. The maximum absolute atomic E-state index is 12.9. The number of aryl methyl sites for hydroxylation is 1. The zero-order valence-electron chi connectivity index (χ0n) is 21.0. The molecule has 8 nitrogen and oxygen atoms in total. The van der Waals surface area contributed by atoms with Crippen LogP contribution in [0.4, 0.5) is 5.69 Å². The number of rotatable bonds is 6. The minimum Gasteiger partial charge on any atom is -0.396 e. The molecule has 1 aromatic carbocycles. The van der Waals surface area contributed by atoms with E-state index in [1.807, 2.05) is 17.2 Å². The second kappa shape index (κ2) is 9.39. The van der Waals surface area contributed by atoms with Crippen molar-refractivity contribution in [1.29, 1.82) is 0 Å². The van der Waals surface area contributed by atoms with Gasteiger partial charge in [-0.25, -0.2) is 4.99 Å². The highest BCUT2D eigenvalue weighted by Crippen LogP contribution is 2.45. The second-order valence-corrected chi connectivity index (χ2v) is 11.2. The number of carbonyl (C=O) groups excluding carboxylic acids is 2. The van der Waals surface area contributed by atoms with Crippen molar-refractivity contribution in [2.24, 2.45) is 10.9 Å². The van der Waals surface area contributed by atoms with Crippen LogP contribution in [0.15, 0.2) is 34.6 Å². The molecule has 192 valence electrons. The lowest BCUT2D eigenvalue weighted by molar-refractivity contribution is -0.135. The van der Waals surface area contributed by atoms with Gasteiger partial charge in [0.1, 0.15) is 5.82 Å². The Morgan fingerprint density at radius 2 is 2.00 bits per heavy atom. The maximum atomic E-state index is 12.9. The van der Waals surface area contributed by atoms with Crippen molar-refractivity contribution >= 4 is 23.7 Å². The summed E-state index contributed by atoms with van der Waals surface area (Å²) in [4.78, 5) is 34.5. The Bertz CT molecular complexity index is 1110. The van der Waals surface area contributed by atoms with E-state index in [1.54, 1.807) is 0 Å². The number of likely N-dealkylation sites (tertiary alicyclic amines) is 1. The van der Waals surface area contributed by atoms with Gasteiger partial charge in [-0.3, -0.25) is 14.5 Å². The highest BCUT2D eigenvalue weighted by atomic mass is 16.5. The normalized spacial score (nSPS) is 29.3. The quantitative estimate of drug-likeness (QED) is 0.637. The van der Waals surface area contributed by atoms with E-state index >= 15 is 0 Å². The van der Waals surface area contributed by atoms with Gasteiger partial charge in [-0.1, -0.05) is 17.7 Å². The lowest BCUT2D eigenvalue weighted by atomic mass is 9.73. The summed E-state index contributed by atoms with van der Waals surface area (Å²) in [7, 11) is 0. The van der Waals surface area contributed by atoms with Gasteiger partial charge >= 0.3 is 0 Å². The molecule has 2 N–H and O–H groups in total. The van der Waals surface area contributed by atoms with E-state index in [-0.39, 0.29) is 36.0 Å². The highest BCUT2D eigenvalue weighted by Gasteiger charge is 2.48. The van der Waals surface area contributed by atoms with Crippen LogP contribution in [0.5, 0.6) is 0 Å². The lowest BCUT2D eigenvalue weighted by Crippen LogP contribution is -2.50. The first kappa shape index (κ1) is 23.8. The Morgan fingerprint density at radius 3 is 2.78 bits per heavy atom. The SMILES string of the molecule is Cc1ccc2c(c1)C1(CCN(CCOC3C=NC4=C(CCC(=O)N4C4CC(CO)C4)C3)CC1)C(=O)N2. The summed E-state index contributed by atoms with van der Waals surface area (Å²) in [5, 5.41) is 12.4. The zero-order chi connectivity index (χ0) is 24.9. The fraction of sp³-hybridized carbons (Fsp3) is 0.607. The van der Waals surface area contributed by atoms with Crippen LogP contribution in [0.2, 0.25) is 0 Å². The van der Waals surface area contributed by atoms with Gasteiger partial charge in [-0.2, -0.15) is 0 Å². The van der Waals surface area contributed by atoms with E-state index in [4.69, 9.17) is 4.74 Å². The monoisotopic (exact) mass is 492 g/mol. The van der Waals surface area contributed by atoms with Crippen molar-refractivity contribution in [2.75, 3.05) is 38.2 Å². The molecule has 1 unspecified atom stereocenters. The van der Waals surface area contributed by atoms with Crippen LogP contribution >= 0.6 is 0 Å². The van der Waals surface area contributed by atoms with Crippen LogP contribution < -0.4 is 5.32 Å². The molecule has 4 aliphatic heterocycles. The number of carbonyl (C=O) groups is 2. The summed E-state index contributed by atoms with van der Waals surface area (Å²) >= 11 is 0. The number of aliphatic hydroxyl groups is 1. The van der Waals surface area contributed by atoms with Crippen molar-refractivity contribution in [1.82, 2.24) is 9.80 Å². The van der Waals surface area contributed by atoms with Crippen molar-refractivity contribution in [2.45, 2.75) is 69.4 Å². The maximum Gasteiger partial charge on any atom is 0.235 e. The second-order valence-electron chi connectivity index (χ2n) is 11.2. The van der Waals surface area contributed by atoms with E-state index in [0.29, 0.717) is 18.9 Å². The molecule has 6 rings (SSSR count). The number of fused-ring (bicyclic) bond motifs is 2. The number of aliphatic hydroxyl groups excluding tert-OH is 1. The Hall–Kier alpha value is -2.55. The number of benzene rings is 1. The molecule has 4 heterocycles. The van der Waals surface area contributed by atoms with Crippen LogP contribution in [0.25, 0.3) is 0 Å². The number of ether oxygens (including phenoxy) is 1. The Labute approximate surface area is 212 Å². The lowest BCUT2D eigenvalue weighted by Gasteiger charge is -2.45. The minimum atomic E-state index is -0.389. The van der Waals surface area contributed by atoms with E-state index in [9.17, 15) is 14.7 Å². The Kier molecular flexibility index (Phi) is 6.22. The molecule has 1 aliphatic carbocycles. The molecule has 36 heavy (non-hydrogen) atoms. The van der Waals surface area contributed by atoms with Gasteiger partial charge in [0.25, 0.3) is 0 Å². The number of nitrogens with one attached hydrogen (secondary N) is 1. The van der Waals surface area contributed by atoms with Gasteiger partial charge in [0, 0.05) is 43.9 Å². The Morgan fingerprint density at radius 1 is 1.19 bits per heavy atom. The first-order valence-corrected chi connectivity index (χ1v) is 13.4. The number of aliphatic imine (C=N–C) groups is 1. The number of nitrogens with zero attached hydrogens (tertiary/aromatic N) is 3. The summed E-state index contributed by atoms with van der Waals surface area (Å²) < 4.78 is 6.20. The molecule has 1 saturated heterocycles. The number of piperidine rings is 1. The van der Waals surface area contributed by atoms with E-state index in [2.05, 4.69) is 34.3 Å². The number of amides is 2. The molecule has 0 radical (unpaired) electrons. The molecule has 1 spiro atoms. The van der Waals surface area contributed by atoms with Crippen LogP contribution in [-0.4, -0.2) is 77.9 Å². The molecule has 0 aromatic heterocycles. The molecule has 8 heteroatoms. The molecule has 5 aliphatic rings. The van der Waals surface area contributed by atoms with Gasteiger partial charge in [0.15, 0.2) is 0 Å². The van der Waals surface area contributed by atoms with Gasteiger partial charge in [-0.05, 0) is 75.2 Å². The van der Waals surface area contributed by atoms with Crippen LogP contribution in [-0.2, 0) is 19.7 Å². The van der Waals surface area contributed by atoms with E-state index in [1.165, 1.54) is 16.7 Å². The van der Waals surface area contributed by atoms with Crippen LogP contribution in [0.1, 0.15) is 56.1 Å².